The Labute approximate surface area is 160 Å². The van der Waals surface area contributed by atoms with Gasteiger partial charge in [-0.1, -0.05) is 48.5 Å². The summed E-state index contributed by atoms with van der Waals surface area (Å²) in [4.78, 5) is 28.5. The van der Waals surface area contributed by atoms with Gasteiger partial charge in [0.05, 0.1) is 5.69 Å². The van der Waals surface area contributed by atoms with Crippen molar-refractivity contribution in [3.8, 4) is 16.8 Å². The summed E-state index contributed by atoms with van der Waals surface area (Å²) in [5.74, 6) is -0.0675. The molecule has 2 aromatic carbocycles. The van der Waals surface area contributed by atoms with Gasteiger partial charge in [0, 0.05) is 31.1 Å². The Morgan fingerprint density at radius 2 is 1.52 bits per heavy atom. The number of amides is 1. The first-order valence-corrected chi connectivity index (χ1v) is 9.40. The van der Waals surface area contributed by atoms with Crippen LogP contribution < -0.4 is 5.56 Å². The van der Waals surface area contributed by atoms with E-state index in [0.717, 1.165) is 27.0 Å². The van der Waals surface area contributed by atoms with Gasteiger partial charge in [-0.25, -0.2) is 0 Å². The highest BCUT2D eigenvalue weighted by atomic mass is 32.1. The number of aromatic nitrogens is 1. The highest BCUT2D eigenvalue weighted by molar-refractivity contribution is 7.21. The van der Waals surface area contributed by atoms with Crippen molar-refractivity contribution in [3.63, 3.8) is 0 Å². The second-order valence-electron chi connectivity index (χ2n) is 6.43. The van der Waals surface area contributed by atoms with Crippen molar-refractivity contribution in [3.05, 3.63) is 88.0 Å². The van der Waals surface area contributed by atoms with E-state index in [1.54, 1.807) is 29.6 Å². The molecular formula is C22H18N2O2S. The third-order valence-corrected chi connectivity index (χ3v) is 5.60. The Kier molecular flexibility index (Phi) is 4.38. The van der Waals surface area contributed by atoms with Crippen LogP contribution in [0.2, 0.25) is 0 Å². The Bertz CT molecular complexity index is 1180. The average Bonchev–Trinajstić information content (AvgIpc) is 3.07. The minimum absolute atomic E-state index is 0.0675. The maximum atomic E-state index is 12.9. The molecule has 0 aliphatic heterocycles. The molecule has 27 heavy (non-hydrogen) atoms. The summed E-state index contributed by atoms with van der Waals surface area (Å²) in [5.41, 5.74) is 2.52. The molecule has 2 aromatic heterocycles. The average molecular weight is 374 g/mol. The lowest BCUT2D eigenvalue weighted by Gasteiger charge is -2.10. The second kappa shape index (κ2) is 6.85. The predicted molar refractivity (Wildman–Crippen MR) is 111 cm³/mol. The molecule has 0 aliphatic rings. The lowest BCUT2D eigenvalue weighted by molar-refractivity contribution is 0.0833. The molecule has 0 saturated carbocycles. The Morgan fingerprint density at radius 1 is 0.889 bits per heavy atom. The maximum Gasteiger partial charge on any atom is 0.264 e. The molecule has 0 N–H and O–H groups in total. The normalized spacial score (nSPS) is 10.9. The predicted octanol–water partition coefficient (Wildman–Crippen LogP) is 4.42. The van der Waals surface area contributed by atoms with E-state index in [2.05, 4.69) is 0 Å². The van der Waals surface area contributed by atoms with Crippen molar-refractivity contribution in [1.29, 1.82) is 0 Å². The largest absolute Gasteiger partial charge is 0.344 e. The van der Waals surface area contributed by atoms with Crippen LogP contribution in [0.5, 0.6) is 0 Å². The van der Waals surface area contributed by atoms with E-state index in [9.17, 15) is 9.59 Å². The van der Waals surface area contributed by atoms with Crippen molar-refractivity contribution >= 4 is 27.5 Å². The van der Waals surface area contributed by atoms with Crippen molar-refractivity contribution in [1.82, 2.24) is 9.47 Å². The molecule has 4 aromatic rings. The van der Waals surface area contributed by atoms with E-state index < -0.39 is 0 Å². The summed E-state index contributed by atoms with van der Waals surface area (Å²) in [6.45, 7) is 0. The van der Waals surface area contributed by atoms with Crippen LogP contribution in [0.15, 0.2) is 77.6 Å². The highest BCUT2D eigenvalue weighted by Gasteiger charge is 2.23. The minimum atomic E-state index is -0.113. The third kappa shape index (κ3) is 2.96. The maximum absolute atomic E-state index is 12.9. The van der Waals surface area contributed by atoms with Crippen LogP contribution in [-0.2, 0) is 0 Å². The van der Waals surface area contributed by atoms with Gasteiger partial charge in [0.2, 0.25) is 0 Å². The van der Waals surface area contributed by atoms with E-state index in [1.807, 2.05) is 66.7 Å². The number of pyridine rings is 1. The van der Waals surface area contributed by atoms with Gasteiger partial charge in [-0.15, -0.1) is 11.3 Å². The summed E-state index contributed by atoms with van der Waals surface area (Å²) in [5, 5.41) is 0.903. The van der Waals surface area contributed by atoms with Crippen molar-refractivity contribution in [2.75, 3.05) is 14.1 Å². The monoisotopic (exact) mass is 374 g/mol. The van der Waals surface area contributed by atoms with Crippen LogP contribution in [0.25, 0.3) is 27.0 Å². The molecule has 0 bridgehead atoms. The summed E-state index contributed by atoms with van der Waals surface area (Å²) in [7, 11) is 3.48. The molecule has 1 amide bonds. The van der Waals surface area contributed by atoms with Gasteiger partial charge in [-0.3, -0.25) is 14.2 Å². The molecule has 5 heteroatoms. The standard InChI is InChI=1S/C22H18N2O2S/c1-23(2)21(26)20-19(15-9-5-3-6-10-15)17-13-14-18(25)24(22(17)27-20)16-11-7-4-8-12-16/h3-14H,1-2H3. The first kappa shape index (κ1) is 17.2. The number of hydrogen-bond donors (Lipinski definition) is 0. The molecule has 134 valence electrons. The SMILES string of the molecule is CN(C)C(=O)c1sc2c(ccc(=O)n2-c2ccccc2)c1-c1ccccc1. The molecule has 4 nitrogen and oxygen atoms in total. The highest BCUT2D eigenvalue weighted by Crippen LogP contribution is 2.39. The van der Waals surface area contributed by atoms with E-state index in [1.165, 1.54) is 11.3 Å². The van der Waals surface area contributed by atoms with E-state index >= 15 is 0 Å². The zero-order valence-electron chi connectivity index (χ0n) is 15.0. The fourth-order valence-corrected chi connectivity index (χ4v) is 4.51. The topological polar surface area (TPSA) is 42.3 Å². The Morgan fingerprint density at radius 3 is 2.15 bits per heavy atom. The quantitative estimate of drug-likeness (QED) is 0.533. The number of fused-ring (bicyclic) bond motifs is 1. The van der Waals surface area contributed by atoms with E-state index in [4.69, 9.17) is 0 Å². The van der Waals surface area contributed by atoms with Gasteiger partial charge >= 0.3 is 0 Å². The Hall–Kier alpha value is -3.18. The molecule has 2 heterocycles. The fourth-order valence-electron chi connectivity index (χ4n) is 3.15. The van der Waals surface area contributed by atoms with Crippen molar-refractivity contribution in [2.45, 2.75) is 0 Å². The van der Waals surface area contributed by atoms with Crippen LogP contribution in [0, 0.1) is 0 Å². The number of hydrogen-bond acceptors (Lipinski definition) is 3. The molecule has 4 rings (SSSR count). The third-order valence-electron chi connectivity index (χ3n) is 4.42. The smallest absolute Gasteiger partial charge is 0.264 e. The lowest BCUT2D eigenvalue weighted by atomic mass is 10.0. The Balaban J connectivity index is 2.11. The van der Waals surface area contributed by atoms with Crippen LogP contribution in [0.4, 0.5) is 0 Å². The van der Waals surface area contributed by atoms with Crippen LogP contribution in [0.1, 0.15) is 9.67 Å². The van der Waals surface area contributed by atoms with Crippen molar-refractivity contribution in [2.24, 2.45) is 0 Å². The van der Waals surface area contributed by atoms with Gasteiger partial charge in [0.1, 0.15) is 9.71 Å². The van der Waals surface area contributed by atoms with Crippen molar-refractivity contribution < 1.29 is 4.79 Å². The molecule has 0 aliphatic carbocycles. The number of nitrogens with zero attached hydrogens (tertiary/aromatic N) is 2. The van der Waals surface area contributed by atoms with Crippen LogP contribution >= 0.6 is 11.3 Å². The molecule has 0 fully saturated rings. The first-order valence-electron chi connectivity index (χ1n) is 8.59. The van der Waals surface area contributed by atoms with Gasteiger partial charge < -0.3 is 4.90 Å². The first-order chi connectivity index (χ1) is 13.1. The fraction of sp³-hybridized carbons (Fsp3) is 0.0909. The summed E-state index contributed by atoms with van der Waals surface area (Å²) < 4.78 is 1.68. The summed E-state index contributed by atoms with van der Waals surface area (Å²) in [6, 6.07) is 22.7. The molecule has 0 spiro atoms. The minimum Gasteiger partial charge on any atom is -0.344 e. The zero-order valence-corrected chi connectivity index (χ0v) is 15.9. The molecular weight excluding hydrogens is 356 g/mol. The number of thiophene rings is 1. The number of rotatable bonds is 3. The molecule has 0 radical (unpaired) electrons. The van der Waals surface area contributed by atoms with Crippen LogP contribution in [0.3, 0.4) is 0 Å². The molecule has 0 saturated heterocycles. The summed E-state index contributed by atoms with van der Waals surface area (Å²) in [6.07, 6.45) is 0. The summed E-state index contributed by atoms with van der Waals surface area (Å²) >= 11 is 1.36. The number of para-hydroxylation sites is 1. The number of carbonyl (C=O) groups excluding carboxylic acids is 1. The van der Waals surface area contributed by atoms with Crippen LogP contribution in [-0.4, -0.2) is 29.5 Å². The zero-order chi connectivity index (χ0) is 19.0. The molecule has 0 atom stereocenters. The van der Waals surface area contributed by atoms with Gasteiger partial charge in [-0.2, -0.15) is 0 Å². The lowest BCUT2D eigenvalue weighted by Crippen LogP contribution is -2.21. The van der Waals surface area contributed by atoms with E-state index in [0.29, 0.717) is 4.88 Å². The van der Waals surface area contributed by atoms with E-state index in [-0.39, 0.29) is 11.5 Å². The number of benzene rings is 2. The second-order valence-corrected chi connectivity index (χ2v) is 7.43. The van der Waals surface area contributed by atoms with Gasteiger partial charge in [0.15, 0.2) is 0 Å². The number of carbonyl (C=O) groups is 1. The van der Waals surface area contributed by atoms with Gasteiger partial charge in [-0.05, 0) is 23.8 Å². The van der Waals surface area contributed by atoms with Gasteiger partial charge in [0.25, 0.3) is 11.5 Å². The molecule has 0 unspecified atom stereocenters.